The topological polar surface area (TPSA) is 97.2 Å². The van der Waals surface area contributed by atoms with Gasteiger partial charge in [-0.15, -0.1) is 11.8 Å². The fourth-order valence-corrected chi connectivity index (χ4v) is 4.90. The number of pyridine rings is 2. The number of rotatable bonds is 4. The van der Waals surface area contributed by atoms with E-state index in [0.717, 1.165) is 28.2 Å². The molecule has 174 valence electrons. The Kier molecular flexibility index (Phi) is 6.72. The maximum atomic E-state index is 13.8. The minimum atomic E-state index is -0.177. The first-order chi connectivity index (χ1) is 16.5. The number of fused-ring (bicyclic) bond motifs is 2. The third kappa shape index (κ3) is 4.18. The zero-order chi connectivity index (χ0) is 24.4. The average Bonchev–Trinajstić information content (AvgIpc) is 3.22. The molecule has 34 heavy (non-hydrogen) atoms. The van der Waals surface area contributed by atoms with E-state index in [1.54, 1.807) is 34.6 Å². The van der Waals surface area contributed by atoms with Crippen LogP contribution in [0.25, 0.3) is 22.3 Å². The molecule has 0 amide bonds. The van der Waals surface area contributed by atoms with Gasteiger partial charge in [-0.05, 0) is 67.6 Å². The lowest BCUT2D eigenvalue weighted by Gasteiger charge is -2.17. The predicted molar refractivity (Wildman–Crippen MR) is 142 cm³/mol. The van der Waals surface area contributed by atoms with Crippen molar-refractivity contribution in [1.82, 2.24) is 9.55 Å². The van der Waals surface area contributed by atoms with Crippen molar-refractivity contribution in [3.8, 4) is 11.6 Å². The second-order valence-electron chi connectivity index (χ2n) is 7.69. The highest BCUT2D eigenvalue weighted by Gasteiger charge is 2.21. The molecule has 0 bridgehead atoms. The second-order valence-corrected chi connectivity index (χ2v) is 8.68. The Balaban J connectivity index is 0.00000133. The van der Waals surface area contributed by atoms with Gasteiger partial charge in [-0.2, -0.15) is 4.98 Å². The molecule has 5 rings (SSSR count). The van der Waals surface area contributed by atoms with Gasteiger partial charge < -0.3 is 20.8 Å². The smallest absolute Gasteiger partial charge is 0.264 e. The van der Waals surface area contributed by atoms with Crippen molar-refractivity contribution >= 4 is 39.8 Å². The lowest BCUT2D eigenvalue weighted by molar-refractivity contribution is 0.328. The summed E-state index contributed by atoms with van der Waals surface area (Å²) in [4.78, 5) is 21.9. The molecule has 1 aromatic carbocycles. The quantitative estimate of drug-likeness (QED) is 0.583. The first-order valence-corrected chi connectivity index (χ1v) is 11.9. The molecule has 1 aliphatic heterocycles. The summed E-state index contributed by atoms with van der Waals surface area (Å²) < 4.78 is 7.27. The van der Waals surface area contributed by atoms with E-state index in [-0.39, 0.29) is 5.56 Å². The van der Waals surface area contributed by atoms with Crippen LogP contribution in [-0.4, -0.2) is 41.8 Å². The molecule has 3 aromatic rings. The fraction of sp³-hybridized carbons (Fsp3) is 0.192. The van der Waals surface area contributed by atoms with Gasteiger partial charge in [-0.25, -0.2) is 0 Å². The third-order valence-corrected chi connectivity index (χ3v) is 6.73. The minimum absolute atomic E-state index is 0.177. The molecule has 2 aromatic heterocycles. The lowest BCUT2D eigenvalue weighted by Crippen LogP contribution is -2.24. The summed E-state index contributed by atoms with van der Waals surface area (Å²) >= 11 is 1.78. The van der Waals surface area contributed by atoms with Crippen LogP contribution >= 0.6 is 11.8 Å². The van der Waals surface area contributed by atoms with Crippen molar-refractivity contribution in [3.63, 3.8) is 0 Å². The van der Waals surface area contributed by atoms with Gasteiger partial charge in [-0.3, -0.25) is 9.36 Å². The number of nitrogens with zero attached hydrogens (tertiary/aromatic N) is 3. The summed E-state index contributed by atoms with van der Waals surface area (Å²) in [5, 5.41) is 8.74. The number of anilines is 1. The Morgan fingerprint density at radius 3 is 2.74 bits per heavy atom. The number of nitrogens with one attached hydrogen (secondary N) is 1. The third-order valence-electron chi connectivity index (χ3n) is 5.56. The Morgan fingerprint density at radius 1 is 1.21 bits per heavy atom. The zero-order valence-corrected chi connectivity index (χ0v) is 20.3. The molecule has 0 atom stereocenters. The van der Waals surface area contributed by atoms with Crippen molar-refractivity contribution < 1.29 is 4.74 Å². The van der Waals surface area contributed by atoms with Crippen molar-refractivity contribution in [3.05, 3.63) is 82.7 Å². The molecule has 1 aliphatic carbocycles. The molecule has 0 unspecified atom stereocenters. The van der Waals surface area contributed by atoms with Crippen LogP contribution in [0.4, 0.5) is 5.69 Å². The van der Waals surface area contributed by atoms with Crippen molar-refractivity contribution in [2.24, 2.45) is 5.73 Å². The molecule has 8 heteroatoms. The van der Waals surface area contributed by atoms with Crippen LogP contribution in [0.1, 0.15) is 12.5 Å². The monoisotopic (exact) mass is 473 g/mol. The van der Waals surface area contributed by atoms with Crippen LogP contribution in [0.3, 0.4) is 0 Å². The maximum absolute atomic E-state index is 13.8. The number of ether oxygens (including phenoxy) is 1. The number of allylic oxidation sites excluding steroid dienone is 5. The number of aromatic nitrogens is 2. The van der Waals surface area contributed by atoms with E-state index in [1.165, 1.54) is 11.9 Å². The Labute approximate surface area is 202 Å². The Morgan fingerprint density at radius 2 is 2.00 bits per heavy atom. The maximum Gasteiger partial charge on any atom is 0.264 e. The number of hydrogen-bond donors (Lipinski definition) is 2. The van der Waals surface area contributed by atoms with Gasteiger partial charge in [-0.1, -0.05) is 12.7 Å². The highest BCUT2D eigenvalue weighted by atomic mass is 32.2. The molecule has 0 radical (unpaired) electrons. The number of thioether (sulfide) groups is 1. The predicted octanol–water partition coefficient (Wildman–Crippen LogP) is 4.39. The summed E-state index contributed by atoms with van der Waals surface area (Å²) in [6.07, 6.45) is 5.24. The first-order valence-electron chi connectivity index (χ1n) is 10.9. The van der Waals surface area contributed by atoms with Gasteiger partial charge in [0.05, 0.1) is 29.6 Å². The van der Waals surface area contributed by atoms with Crippen LogP contribution in [0.15, 0.2) is 76.5 Å². The van der Waals surface area contributed by atoms with Crippen LogP contribution in [0, 0.1) is 5.41 Å². The van der Waals surface area contributed by atoms with Crippen molar-refractivity contribution in [2.45, 2.75) is 11.8 Å². The summed E-state index contributed by atoms with van der Waals surface area (Å²) in [6, 6.07) is 11.6. The summed E-state index contributed by atoms with van der Waals surface area (Å²) in [5.74, 6) is 1.36. The summed E-state index contributed by atoms with van der Waals surface area (Å²) in [6.45, 7) is 6.32. The van der Waals surface area contributed by atoms with Crippen molar-refractivity contribution in [1.29, 1.82) is 5.41 Å². The molecule has 3 N–H and O–H groups in total. The SMILES string of the molecule is C=C1C=C(c2cc3ccc(OCC)nc3n(-c3ccc4c(c3)N(C)CS4)c2=O)C=CC1=N.CN. The number of hydrogen-bond acceptors (Lipinski definition) is 7. The van der Waals surface area contributed by atoms with Crippen LogP contribution in [-0.2, 0) is 0 Å². The van der Waals surface area contributed by atoms with E-state index < -0.39 is 0 Å². The van der Waals surface area contributed by atoms with E-state index in [9.17, 15) is 4.79 Å². The second kappa shape index (κ2) is 9.70. The normalized spacial score (nSPS) is 14.6. The van der Waals surface area contributed by atoms with Crippen LogP contribution < -0.4 is 20.9 Å². The highest BCUT2D eigenvalue weighted by Crippen LogP contribution is 2.39. The molecule has 3 heterocycles. The highest BCUT2D eigenvalue weighted by molar-refractivity contribution is 7.99. The van der Waals surface area contributed by atoms with Gasteiger partial charge in [0.25, 0.3) is 5.56 Å². The standard InChI is InChI=1S/C25H22N4O2S.CH5N/c1-4-31-23-10-6-17-12-19(16-5-8-20(26)15(2)11-16)25(30)29(24(17)27-23)18-7-9-22-21(13-18)28(3)14-32-22;1-2/h5-13,26H,2,4,14H2,1,3H3;2H2,1H3. The Bertz CT molecular complexity index is 1420. The molecule has 0 saturated carbocycles. The average molecular weight is 474 g/mol. The molecule has 0 fully saturated rings. The summed E-state index contributed by atoms with van der Waals surface area (Å²) in [7, 11) is 3.55. The van der Waals surface area contributed by atoms with Gasteiger partial charge in [0.1, 0.15) is 0 Å². The van der Waals surface area contributed by atoms with Crippen LogP contribution in [0.2, 0.25) is 0 Å². The first kappa shape index (κ1) is 23.5. The van der Waals surface area contributed by atoms with Crippen LogP contribution in [0.5, 0.6) is 5.88 Å². The molecule has 2 aliphatic rings. The van der Waals surface area contributed by atoms with Gasteiger partial charge >= 0.3 is 0 Å². The lowest BCUT2D eigenvalue weighted by atomic mass is 9.96. The number of benzene rings is 1. The van der Waals surface area contributed by atoms with Crippen molar-refractivity contribution in [2.75, 3.05) is 31.5 Å². The fourth-order valence-electron chi connectivity index (χ4n) is 3.90. The van der Waals surface area contributed by atoms with E-state index in [1.807, 2.05) is 44.3 Å². The summed E-state index contributed by atoms with van der Waals surface area (Å²) in [5.41, 5.74) is 8.91. The number of nitrogens with two attached hydrogens (primary N) is 1. The van der Waals surface area contributed by atoms with E-state index in [2.05, 4.69) is 28.3 Å². The Hall–Kier alpha value is -3.62. The molecular formula is C26H27N5O2S. The van der Waals surface area contributed by atoms with E-state index in [0.29, 0.717) is 35.0 Å². The largest absolute Gasteiger partial charge is 0.478 e. The van der Waals surface area contributed by atoms with Gasteiger partial charge in [0.15, 0.2) is 5.65 Å². The molecule has 0 saturated heterocycles. The zero-order valence-electron chi connectivity index (χ0n) is 19.5. The van der Waals surface area contributed by atoms with Gasteiger partial charge in [0, 0.05) is 29.0 Å². The molecular weight excluding hydrogens is 446 g/mol. The molecule has 7 nitrogen and oxygen atoms in total. The van der Waals surface area contributed by atoms with E-state index in [4.69, 9.17) is 10.1 Å². The molecule has 0 spiro atoms. The van der Waals surface area contributed by atoms with E-state index >= 15 is 0 Å². The van der Waals surface area contributed by atoms with Gasteiger partial charge in [0.2, 0.25) is 5.88 Å². The minimum Gasteiger partial charge on any atom is -0.478 e.